The summed E-state index contributed by atoms with van der Waals surface area (Å²) in [5.41, 5.74) is 1.46. The topological polar surface area (TPSA) is 57.3 Å². The van der Waals surface area contributed by atoms with Crippen LogP contribution in [0.3, 0.4) is 0 Å². The largest absolute Gasteiger partial charge is 0.374 e. The fraction of sp³-hybridized carbons (Fsp3) is 0.500. The summed E-state index contributed by atoms with van der Waals surface area (Å²) < 4.78 is 0. The molecule has 17 heavy (non-hydrogen) atoms. The quantitative estimate of drug-likeness (QED) is 0.706. The molecule has 0 radical (unpaired) electrons. The van der Waals surface area contributed by atoms with E-state index in [0.717, 1.165) is 25.2 Å². The number of hydrogen-bond donors (Lipinski definition) is 2. The van der Waals surface area contributed by atoms with Crippen LogP contribution in [0.15, 0.2) is 18.3 Å². The van der Waals surface area contributed by atoms with Gasteiger partial charge in [0, 0.05) is 32.5 Å². The molecule has 0 aliphatic heterocycles. The molecule has 0 saturated heterocycles. The van der Waals surface area contributed by atoms with Gasteiger partial charge in [-0.15, -0.1) is 0 Å². The molecule has 1 aromatic heterocycles. The number of hydrogen-bond acceptors (Lipinski definition) is 4. The van der Waals surface area contributed by atoms with Crippen molar-refractivity contribution in [2.24, 2.45) is 0 Å². The van der Waals surface area contributed by atoms with Crippen molar-refractivity contribution in [2.45, 2.75) is 6.42 Å². The third-order valence-corrected chi connectivity index (χ3v) is 2.56. The van der Waals surface area contributed by atoms with Gasteiger partial charge < -0.3 is 15.5 Å². The number of nitrogens with one attached hydrogen (secondary N) is 2. The normalized spacial score (nSPS) is 10.1. The van der Waals surface area contributed by atoms with E-state index in [1.165, 1.54) is 0 Å². The summed E-state index contributed by atoms with van der Waals surface area (Å²) in [6.45, 7) is 1.93. The van der Waals surface area contributed by atoms with Crippen LogP contribution in [0.5, 0.6) is 0 Å². The van der Waals surface area contributed by atoms with E-state index in [0.29, 0.717) is 5.69 Å². The van der Waals surface area contributed by atoms with Gasteiger partial charge in [-0.25, -0.2) is 0 Å². The molecule has 0 fully saturated rings. The van der Waals surface area contributed by atoms with E-state index < -0.39 is 0 Å². The van der Waals surface area contributed by atoms with E-state index in [1.54, 1.807) is 19.3 Å². The van der Waals surface area contributed by atoms with Crippen LogP contribution in [0.25, 0.3) is 0 Å². The zero-order valence-corrected chi connectivity index (χ0v) is 10.7. The van der Waals surface area contributed by atoms with Crippen LogP contribution >= 0.6 is 0 Å². The van der Waals surface area contributed by atoms with Gasteiger partial charge in [-0.2, -0.15) is 0 Å². The molecule has 1 amide bonds. The zero-order chi connectivity index (χ0) is 12.7. The first-order valence-corrected chi connectivity index (χ1v) is 5.73. The third kappa shape index (κ3) is 4.03. The number of aromatic nitrogens is 1. The van der Waals surface area contributed by atoms with Gasteiger partial charge in [0.05, 0.1) is 0 Å². The fourth-order valence-corrected chi connectivity index (χ4v) is 1.53. The highest BCUT2D eigenvalue weighted by Gasteiger charge is 2.07. The number of rotatable bonds is 6. The highest BCUT2D eigenvalue weighted by atomic mass is 16.1. The number of anilines is 1. The lowest BCUT2D eigenvalue weighted by molar-refractivity contribution is 0.0958. The molecule has 5 nitrogen and oxygen atoms in total. The summed E-state index contributed by atoms with van der Waals surface area (Å²) in [6.07, 6.45) is 2.72. The molecule has 1 rings (SSSR count). The van der Waals surface area contributed by atoms with E-state index in [2.05, 4.69) is 20.5 Å². The first-order valence-electron chi connectivity index (χ1n) is 5.73. The van der Waals surface area contributed by atoms with Crippen LogP contribution in [-0.2, 0) is 0 Å². The van der Waals surface area contributed by atoms with Gasteiger partial charge in [-0.05, 0) is 32.1 Å². The van der Waals surface area contributed by atoms with Gasteiger partial charge in [0.2, 0.25) is 0 Å². The molecule has 1 aromatic rings. The number of pyridine rings is 1. The summed E-state index contributed by atoms with van der Waals surface area (Å²) in [5.74, 6) is -0.157. The average molecular weight is 236 g/mol. The highest BCUT2D eigenvalue weighted by Crippen LogP contribution is 2.12. The lowest BCUT2D eigenvalue weighted by atomic mass is 10.2. The van der Waals surface area contributed by atoms with Gasteiger partial charge in [0.15, 0.2) is 0 Å². The first kappa shape index (κ1) is 13.4. The molecule has 0 aromatic carbocycles. The van der Waals surface area contributed by atoms with Crippen molar-refractivity contribution >= 4 is 11.6 Å². The fourth-order valence-electron chi connectivity index (χ4n) is 1.53. The predicted molar refractivity (Wildman–Crippen MR) is 69.4 cm³/mol. The minimum Gasteiger partial charge on any atom is -0.374 e. The Morgan fingerprint density at radius 3 is 2.88 bits per heavy atom. The summed E-state index contributed by atoms with van der Waals surface area (Å²) in [7, 11) is 5.56. The molecule has 2 N–H and O–H groups in total. The number of amides is 1. The summed E-state index contributed by atoms with van der Waals surface area (Å²) in [5, 5.41) is 5.68. The number of nitrogens with zero attached hydrogens (tertiary/aromatic N) is 2. The Labute approximate surface area is 102 Å². The Balaban J connectivity index is 2.67. The van der Waals surface area contributed by atoms with Crippen LogP contribution in [0.4, 0.5) is 5.69 Å². The maximum absolute atomic E-state index is 11.4. The molecule has 0 atom stereocenters. The second kappa shape index (κ2) is 6.85. The van der Waals surface area contributed by atoms with Crippen LogP contribution in [0.1, 0.15) is 16.9 Å². The molecule has 0 unspecified atom stereocenters. The molecule has 1 heterocycles. The first-order chi connectivity index (χ1) is 8.19. The molecule has 94 valence electrons. The minimum atomic E-state index is -0.157. The smallest absolute Gasteiger partial charge is 0.269 e. The molecule has 0 bridgehead atoms. The zero-order valence-electron chi connectivity index (χ0n) is 10.7. The van der Waals surface area contributed by atoms with Gasteiger partial charge in [-0.3, -0.25) is 9.78 Å². The van der Waals surface area contributed by atoms with Crippen LogP contribution < -0.4 is 15.5 Å². The van der Waals surface area contributed by atoms with E-state index >= 15 is 0 Å². The summed E-state index contributed by atoms with van der Waals surface area (Å²) >= 11 is 0. The molecule has 0 aliphatic rings. The third-order valence-electron chi connectivity index (χ3n) is 2.56. The van der Waals surface area contributed by atoms with E-state index in [1.807, 2.05) is 20.2 Å². The van der Waals surface area contributed by atoms with Crippen molar-refractivity contribution < 1.29 is 4.79 Å². The molecule has 5 heteroatoms. The SMILES string of the molecule is CNCCCN(C)c1ccnc(C(=O)NC)c1. The van der Waals surface area contributed by atoms with Crippen molar-refractivity contribution in [1.29, 1.82) is 0 Å². The maximum atomic E-state index is 11.4. The Kier molecular flexibility index (Phi) is 5.42. The second-order valence-electron chi connectivity index (χ2n) is 3.86. The molecule has 0 spiro atoms. The maximum Gasteiger partial charge on any atom is 0.269 e. The Hall–Kier alpha value is -1.62. The van der Waals surface area contributed by atoms with Crippen molar-refractivity contribution in [1.82, 2.24) is 15.6 Å². The van der Waals surface area contributed by atoms with Gasteiger partial charge in [-0.1, -0.05) is 0 Å². The summed E-state index contributed by atoms with van der Waals surface area (Å²) in [6, 6.07) is 3.71. The standard InChI is InChI=1S/C12H20N4O/c1-13-6-4-8-16(3)10-5-7-15-11(9-10)12(17)14-2/h5,7,9,13H,4,6,8H2,1-3H3,(H,14,17). The van der Waals surface area contributed by atoms with Crippen molar-refractivity contribution in [2.75, 3.05) is 39.1 Å². The van der Waals surface area contributed by atoms with Crippen LogP contribution in [0, 0.1) is 0 Å². The molecular formula is C12H20N4O. The van der Waals surface area contributed by atoms with Crippen LogP contribution in [-0.4, -0.2) is 45.1 Å². The van der Waals surface area contributed by atoms with Crippen molar-refractivity contribution in [3.63, 3.8) is 0 Å². The predicted octanol–water partition coefficient (Wildman–Crippen LogP) is 0.487. The van der Waals surface area contributed by atoms with Gasteiger partial charge in [0.1, 0.15) is 5.69 Å². The van der Waals surface area contributed by atoms with Gasteiger partial charge >= 0.3 is 0 Å². The monoisotopic (exact) mass is 236 g/mol. The molecule has 0 aliphatic carbocycles. The summed E-state index contributed by atoms with van der Waals surface area (Å²) in [4.78, 5) is 17.6. The van der Waals surface area contributed by atoms with Crippen molar-refractivity contribution in [3.05, 3.63) is 24.0 Å². The average Bonchev–Trinajstić information content (AvgIpc) is 2.38. The van der Waals surface area contributed by atoms with Crippen LogP contribution in [0.2, 0.25) is 0 Å². The highest BCUT2D eigenvalue weighted by molar-refractivity contribution is 5.92. The van der Waals surface area contributed by atoms with Crippen molar-refractivity contribution in [3.8, 4) is 0 Å². The van der Waals surface area contributed by atoms with E-state index in [-0.39, 0.29) is 5.91 Å². The van der Waals surface area contributed by atoms with E-state index in [9.17, 15) is 4.79 Å². The number of carbonyl (C=O) groups excluding carboxylic acids is 1. The Bertz CT molecular complexity index is 367. The lowest BCUT2D eigenvalue weighted by Gasteiger charge is -2.19. The minimum absolute atomic E-state index is 0.157. The van der Waals surface area contributed by atoms with E-state index in [4.69, 9.17) is 0 Å². The number of carbonyl (C=O) groups is 1. The lowest BCUT2D eigenvalue weighted by Crippen LogP contribution is -2.23. The molecular weight excluding hydrogens is 216 g/mol. The Morgan fingerprint density at radius 1 is 1.47 bits per heavy atom. The second-order valence-corrected chi connectivity index (χ2v) is 3.86. The Morgan fingerprint density at radius 2 is 2.24 bits per heavy atom. The van der Waals surface area contributed by atoms with Gasteiger partial charge in [0.25, 0.3) is 5.91 Å². The molecule has 0 saturated carbocycles.